The molecular weight excluding hydrogens is 340 g/mol. The predicted molar refractivity (Wildman–Crippen MR) is 90.0 cm³/mol. The van der Waals surface area contributed by atoms with Gasteiger partial charge < -0.3 is 10.1 Å². The molecule has 4 unspecified atom stereocenters. The standard InChI is InChI=1S/C15H26N2O4S.ClH/c1-21-15(18)13-4-2-3-5-14(13)22(19,20)17-12-8-10-6-7-11(9-12)16-10;/h10-14,16-17H,2-9H2,1H3;1H. The molecule has 2 aliphatic heterocycles. The molecule has 0 aromatic rings. The Balaban J connectivity index is 0.00000192. The maximum absolute atomic E-state index is 12.8. The van der Waals surface area contributed by atoms with Gasteiger partial charge in [-0.05, 0) is 38.5 Å². The molecule has 6 nitrogen and oxygen atoms in total. The van der Waals surface area contributed by atoms with E-state index in [0.29, 0.717) is 24.9 Å². The van der Waals surface area contributed by atoms with E-state index >= 15 is 0 Å². The van der Waals surface area contributed by atoms with E-state index in [0.717, 1.165) is 38.5 Å². The predicted octanol–water partition coefficient (Wildman–Crippen LogP) is 1.34. The molecule has 2 heterocycles. The Hall–Kier alpha value is -0.370. The van der Waals surface area contributed by atoms with E-state index in [1.165, 1.54) is 7.11 Å². The van der Waals surface area contributed by atoms with Gasteiger partial charge in [-0.1, -0.05) is 12.8 Å². The van der Waals surface area contributed by atoms with Crippen molar-refractivity contribution in [2.75, 3.05) is 7.11 Å². The van der Waals surface area contributed by atoms with Crippen LogP contribution in [0.4, 0.5) is 0 Å². The lowest BCUT2D eigenvalue weighted by Crippen LogP contribution is -2.52. The Labute approximate surface area is 144 Å². The number of piperidine rings is 1. The molecule has 0 aromatic heterocycles. The van der Waals surface area contributed by atoms with E-state index in [1.807, 2.05) is 0 Å². The second-order valence-electron chi connectivity index (χ2n) is 6.92. The topological polar surface area (TPSA) is 84.5 Å². The number of hydrogen-bond acceptors (Lipinski definition) is 5. The molecule has 134 valence electrons. The number of nitrogens with one attached hydrogen (secondary N) is 2. The van der Waals surface area contributed by atoms with Gasteiger partial charge in [-0.3, -0.25) is 4.79 Å². The molecule has 4 atom stereocenters. The van der Waals surface area contributed by atoms with Crippen molar-refractivity contribution in [1.29, 1.82) is 0 Å². The first kappa shape index (κ1) is 19.0. The molecule has 3 rings (SSSR count). The van der Waals surface area contributed by atoms with Crippen LogP contribution in [0.15, 0.2) is 0 Å². The molecule has 2 saturated heterocycles. The summed E-state index contributed by atoms with van der Waals surface area (Å²) in [5, 5.41) is 2.88. The minimum Gasteiger partial charge on any atom is -0.469 e. The molecule has 0 radical (unpaired) electrons. The van der Waals surface area contributed by atoms with E-state index in [9.17, 15) is 13.2 Å². The molecule has 2 bridgehead atoms. The first-order valence-electron chi connectivity index (χ1n) is 8.34. The van der Waals surface area contributed by atoms with Crippen molar-refractivity contribution in [3.8, 4) is 0 Å². The number of carbonyl (C=O) groups excluding carboxylic acids is 1. The zero-order valence-electron chi connectivity index (χ0n) is 13.5. The van der Waals surface area contributed by atoms with Gasteiger partial charge in [0.05, 0.1) is 18.3 Å². The van der Waals surface area contributed by atoms with E-state index in [1.54, 1.807) is 0 Å². The van der Waals surface area contributed by atoms with E-state index < -0.39 is 21.2 Å². The van der Waals surface area contributed by atoms with Crippen molar-refractivity contribution in [2.24, 2.45) is 5.92 Å². The van der Waals surface area contributed by atoms with Gasteiger partial charge in [0.2, 0.25) is 10.0 Å². The highest BCUT2D eigenvalue weighted by atomic mass is 35.5. The summed E-state index contributed by atoms with van der Waals surface area (Å²) in [7, 11) is -2.15. The van der Waals surface area contributed by atoms with Crippen LogP contribution in [0, 0.1) is 5.92 Å². The Kier molecular flexibility index (Phi) is 6.33. The summed E-state index contributed by atoms with van der Waals surface area (Å²) in [6.45, 7) is 0. The lowest BCUT2D eigenvalue weighted by molar-refractivity contribution is -0.146. The van der Waals surface area contributed by atoms with Gasteiger partial charge in [0, 0.05) is 18.1 Å². The lowest BCUT2D eigenvalue weighted by Gasteiger charge is -2.33. The number of sulfonamides is 1. The molecule has 8 heteroatoms. The molecule has 1 saturated carbocycles. The van der Waals surface area contributed by atoms with Crippen LogP contribution < -0.4 is 10.0 Å². The number of hydrogen-bond donors (Lipinski definition) is 2. The van der Waals surface area contributed by atoms with Gasteiger partial charge in [0.1, 0.15) is 0 Å². The van der Waals surface area contributed by atoms with Crippen LogP contribution in [0.25, 0.3) is 0 Å². The van der Waals surface area contributed by atoms with Crippen LogP contribution >= 0.6 is 12.4 Å². The highest BCUT2D eigenvalue weighted by Gasteiger charge is 2.42. The van der Waals surface area contributed by atoms with Crippen LogP contribution in [0.1, 0.15) is 51.4 Å². The SMILES string of the molecule is COC(=O)C1CCCCC1S(=O)(=O)NC1CC2CCC(C1)N2.Cl. The number of fused-ring (bicyclic) bond motifs is 2. The maximum Gasteiger partial charge on any atom is 0.310 e. The number of ether oxygens (including phenoxy) is 1. The number of esters is 1. The van der Waals surface area contributed by atoms with Crippen molar-refractivity contribution in [3.05, 3.63) is 0 Å². The van der Waals surface area contributed by atoms with Gasteiger partial charge in [0.15, 0.2) is 0 Å². The minimum atomic E-state index is -3.48. The summed E-state index contributed by atoms with van der Waals surface area (Å²) in [6.07, 6.45) is 6.88. The monoisotopic (exact) mass is 366 g/mol. The molecule has 0 spiro atoms. The smallest absolute Gasteiger partial charge is 0.310 e. The fraction of sp³-hybridized carbons (Fsp3) is 0.933. The average molecular weight is 367 g/mol. The summed E-state index contributed by atoms with van der Waals surface area (Å²) >= 11 is 0. The molecule has 1 aliphatic carbocycles. The normalized spacial score (nSPS) is 37.0. The highest BCUT2D eigenvalue weighted by Crippen LogP contribution is 2.32. The van der Waals surface area contributed by atoms with Crippen molar-refractivity contribution in [1.82, 2.24) is 10.0 Å². The largest absolute Gasteiger partial charge is 0.469 e. The van der Waals surface area contributed by atoms with Crippen molar-refractivity contribution < 1.29 is 17.9 Å². The summed E-state index contributed by atoms with van der Waals surface area (Å²) in [6, 6.07) is 0.882. The summed E-state index contributed by atoms with van der Waals surface area (Å²) < 4.78 is 33.3. The Morgan fingerprint density at radius 3 is 2.30 bits per heavy atom. The van der Waals surface area contributed by atoms with E-state index in [2.05, 4.69) is 10.0 Å². The molecule has 2 N–H and O–H groups in total. The zero-order chi connectivity index (χ0) is 15.7. The van der Waals surface area contributed by atoms with Gasteiger partial charge >= 0.3 is 5.97 Å². The molecule has 3 aliphatic rings. The third-order valence-electron chi connectivity index (χ3n) is 5.41. The van der Waals surface area contributed by atoms with Gasteiger partial charge in [-0.2, -0.15) is 0 Å². The Morgan fingerprint density at radius 2 is 1.70 bits per heavy atom. The van der Waals surface area contributed by atoms with E-state index in [4.69, 9.17) is 4.74 Å². The third kappa shape index (κ3) is 4.18. The number of carbonyl (C=O) groups is 1. The number of rotatable bonds is 4. The van der Waals surface area contributed by atoms with Gasteiger partial charge in [-0.25, -0.2) is 13.1 Å². The van der Waals surface area contributed by atoms with Crippen molar-refractivity contribution in [2.45, 2.75) is 74.7 Å². The Morgan fingerprint density at radius 1 is 1.09 bits per heavy atom. The average Bonchev–Trinajstić information content (AvgIpc) is 2.85. The highest BCUT2D eigenvalue weighted by molar-refractivity contribution is 7.90. The first-order valence-corrected chi connectivity index (χ1v) is 9.89. The summed E-state index contributed by atoms with van der Waals surface area (Å²) in [4.78, 5) is 11.9. The second-order valence-corrected chi connectivity index (χ2v) is 8.85. The number of halogens is 1. The fourth-order valence-corrected chi connectivity index (χ4v) is 6.35. The Bertz CT molecular complexity index is 516. The van der Waals surface area contributed by atoms with Gasteiger partial charge in [-0.15, -0.1) is 12.4 Å². The maximum atomic E-state index is 12.8. The van der Waals surface area contributed by atoms with Crippen LogP contribution in [0.5, 0.6) is 0 Å². The number of methoxy groups -OCH3 is 1. The van der Waals surface area contributed by atoms with Crippen LogP contribution in [0.3, 0.4) is 0 Å². The molecule has 3 fully saturated rings. The molecule has 0 amide bonds. The molecule has 0 aromatic carbocycles. The lowest BCUT2D eigenvalue weighted by atomic mass is 9.89. The third-order valence-corrected chi connectivity index (χ3v) is 7.43. The summed E-state index contributed by atoms with van der Waals surface area (Å²) in [5.41, 5.74) is 0. The van der Waals surface area contributed by atoms with Crippen LogP contribution in [-0.4, -0.2) is 44.9 Å². The molecule has 23 heavy (non-hydrogen) atoms. The summed E-state index contributed by atoms with van der Waals surface area (Å²) in [5.74, 6) is -0.907. The first-order chi connectivity index (χ1) is 10.5. The van der Waals surface area contributed by atoms with Gasteiger partial charge in [0.25, 0.3) is 0 Å². The second kappa shape index (κ2) is 7.68. The van der Waals surface area contributed by atoms with Crippen LogP contribution in [-0.2, 0) is 19.6 Å². The fourth-order valence-electron chi connectivity index (χ4n) is 4.36. The molecular formula is C15H27ClN2O4S. The minimum absolute atomic E-state index is 0. The van der Waals surface area contributed by atoms with E-state index in [-0.39, 0.29) is 24.4 Å². The quantitative estimate of drug-likeness (QED) is 0.733. The van der Waals surface area contributed by atoms with Crippen LogP contribution in [0.2, 0.25) is 0 Å². The zero-order valence-corrected chi connectivity index (χ0v) is 15.1. The van der Waals surface area contributed by atoms with Crippen molar-refractivity contribution in [3.63, 3.8) is 0 Å². The van der Waals surface area contributed by atoms with Crippen molar-refractivity contribution >= 4 is 28.4 Å².